The summed E-state index contributed by atoms with van der Waals surface area (Å²) in [6.07, 6.45) is 1.06. The number of rotatable bonds is 4. The lowest BCUT2D eigenvalue weighted by molar-refractivity contribution is 0.148. The molecule has 0 radical (unpaired) electrons. The lowest BCUT2D eigenvalue weighted by Crippen LogP contribution is -2.50. The van der Waals surface area contributed by atoms with Crippen LogP contribution in [0.1, 0.15) is 5.56 Å². The van der Waals surface area contributed by atoms with E-state index in [-0.39, 0.29) is 6.03 Å². The van der Waals surface area contributed by atoms with E-state index in [0.717, 1.165) is 50.2 Å². The average molecular weight is 359 g/mol. The number of anilines is 1. The first-order valence-electron chi connectivity index (χ1n) is 9.59. The summed E-state index contributed by atoms with van der Waals surface area (Å²) in [6.45, 7) is 4.45. The number of benzene rings is 3. The lowest BCUT2D eigenvalue weighted by atomic mass is 10.1. The second kappa shape index (κ2) is 8.23. The van der Waals surface area contributed by atoms with E-state index < -0.39 is 0 Å². The third kappa shape index (κ3) is 4.47. The van der Waals surface area contributed by atoms with Crippen LogP contribution >= 0.6 is 0 Å². The van der Waals surface area contributed by atoms with Crippen LogP contribution in [0.4, 0.5) is 10.5 Å². The molecule has 27 heavy (non-hydrogen) atoms. The van der Waals surface area contributed by atoms with Gasteiger partial charge in [-0.1, -0.05) is 60.7 Å². The van der Waals surface area contributed by atoms with E-state index in [1.54, 1.807) is 0 Å². The minimum atomic E-state index is -0.00649. The van der Waals surface area contributed by atoms with Gasteiger partial charge in [0.2, 0.25) is 0 Å². The molecular formula is C23H25N3O. The van der Waals surface area contributed by atoms with E-state index in [4.69, 9.17) is 0 Å². The van der Waals surface area contributed by atoms with Gasteiger partial charge in [-0.2, -0.15) is 0 Å². The van der Waals surface area contributed by atoms with Crippen molar-refractivity contribution in [3.8, 4) is 0 Å². The van der Waals surface area contributed by atoms with E-state index in [1.807, 2.05) is 35.2 Å². The second-order valence-electron chi connectivity index (χ2n) is 7.06. The molecule has 0 spiro atoms. The molecule has 138 valence electrons. The number of hydrogen-bond donors (Lipinski definition) is 1. The Morgan fingerprint density at radius 2 is 1.52 bits per heavy atom. The van der Waals surface area contributed by atoms with Crippen LogP contribution in [-0.4, -0.2) is 48.6 Å². The minimum absolute atomic E-state index is 0.00649. The molecule has 4 heteroatoms. The fraction of sp³-hybridized carbons (Fsp3) is 0.261. The zero-order valence-electron chi connectivity index (χ0n) is 15.5. The monoisotopic (exact) mass is 359 g/mol. The molecule has 4 rings (SSSR count). The third-order valence-electron chi connectivity index (χ3n) is 5.22. The summed E-state index contributed by atoms with van der Waals surface area (Å²) >= 11 is 0. The smallest absolute Gasteiger partial charge is 0.321 e. The number of nitrogens with zero attached hydrogens (tertiary/aromatic N) is 2. The first kappa shape index (κ1) is 17.6. The van der Waals surface area contributed by atoms with Gasteiger partial charge in [-0.25, -0.2) is 4.79 Å². The van der Waals surface area contributed by atoms with E-state index in [1.165, 1.54) is 10.9 Å². The van der Waals surface area contributed by atoms with Crippen molar-refractivity contribution in [2.45, 2.75) is 6.42 Å². The quantitative estimate of drug-likeness (QED) is 0.757. The van der Waals surface area contributed by atoms with Crippen molar-refractivity contribution in [1.29, 1.82) is 0 Å². The van der Waals surface area contributed by atoms with E-state index in [2.05, 4.69) is 52.7 Å². The van der Waals surface area contributed by atoms with Crippen LogP contribution in [0.15, 0.2) is 72.8 Å². The average Bonchev–Trinajstić information content (AvgIpc) is 2.73. The molecular weight excluding hydrogens is 334 g/mol. The Hall–Kier alpha value is -2.85. The highest BCUT2D eigenvalue weighted by Crippen LogP contribution is 2.19. The molecule has 4 nitrogen and oxygen atoms in total. The maximum absolute atomic E-state index is 12.6. The van der Waals surface area contributed by atoms with E-state index in [9.17, 15) is 4.79 Å². The van der Waals surface area contributed by atoms with Gasteiger partial charge in [-0.3, -0.25) is 4.90 Å². The predicted octanol–water partition coefficient (Wildman–Crippen LogP) is 4.23. The van der Waals surface area contributed by atoms with Gasteiger partial charge in [0.15, 0.2) is 0 Å². The minimum Gasteiger partial charge on any atom is -0.322 e. The molecule has 2 amide bonds. The molecule has 1 saturated heterocycles. The Kier molecular flexibility index (Phi) is 5.35. The Bertz CT molecular complexity index is 902. The Labute approximate surface area is 160 Å². The Morgan fingerprint density at radius 1 is 0.815 bits per heavy atom. The summed E-state index contributed by atoms with van der Waals surface area (Å²) < 4.78 is 0. The number of amides is 2. The highest BCUT2D eigenvalue weighted by Gasteiger charge is 2.20. The largest absolute Gasteiger partial charge is 0.322 e. The van der Waals surface area contributed by atoms with Crippen LogP contribution < -0.4 is 5.32 Å². The van der Waals surface area contributed by atoms with Gasteiger partial charge >= 0.3 is 6.03 Å². The zero-order chi connectivity index (χ0) is 18.5. The molecule has 0 aliphatic carbocycles. The molecule has 3 aromatic rings. The van der Waals surface area contributed by atoms with Crippen molar-refractivity contribution in [2.24, 2.45) is 0 Å². The van der Waals surface area contributed by atoms with E-state index >= 15 is 0 Å². The molecule has 1 aliphatic rings. The molecule has 0 atom stereocenters. The SMILES string of the molecule is O=C(Nc1ccc2ccccc2c1)N1CCN(CCc2ccccc2)CC1. The van der Waals surface area contributed by atoms with Gasteiger partial charge in [-0.05, 0) is 34.9 Å². The number of nitrogens with one attached hydrogen (secondary N) is 1. The summed E-state index contributed by atoms with van der Waals surface area (Å²) in [6, 6.07) is 24.8. The Morgan fingerprint density at radius 3 is 2.30 bits per heavy atom. The van der Waals surface area contributed by atoms with Gasteiger partial charge in [0.05, 0.1) is 0 Å². The van der Waals surface area contributed by atoms with Gasteiger partial charge in [0.25, 0.3) is 0 Å². The fourth-order valence-corrected chi connectivity index (χ4v) is 3.58. The van der Waals surface area contributed by atoms with Gasteiger partial charge in [0.1, 0.15) is 0 Å². The van der Waals surface area contributed by atoms with Crippen molar-refractivity contribution in [3.05, 3.63) is 78.4 Å². The highest BCUT2D eigenvalue weighted by atomic mass is 16.2. The van der Waals surface area contributed by atoms with Crippen molar-refractivity contribution in [2.75, 3.05) is 38.0 Å². The molecule has 1 N–H and O–H groups in total. The number of fused-ring (bicyclic) bond motifs is 1. The fourth-order valence-electron chi connectivity index (χ4n) is 3.58. The summed E-state index contributed by atoms with van der Waals surface area (Å²) in [4.78, 5) is 16.9. The summed E-state index contributed by atoms with van der Waals surface area (Å²) in [5, 5.41) is 5.37. The van der Waals surface area contributed by atoms with Gasteiger partial charge in [0, 0.05) is 38.4 Å². The molecule has 3 aromatic carbocycles. The number of piperazine rings is 1. The van der Waals surface area contributed by atoms with Crippen molar-refractivity contribution >= 4 is 22.5 Å². The van der Waals surface area contributed by atoms with Crippen molar-refractivity contribution in [1.82, 2.24) is 9.80 Å². The molecule has 0 unspecified atom stereocenters. The summed E-state index contributed by atoms with van der Waals surface area (Å²) in [5.41, 5.74) is 2.22. The maximum Gasteiger partial charge on any atom is 0.321 e. The van der Waals surface area contributed by atoms with Crippen LogP contribution in [0.25, 0.3) is 10.8 Å². The third-order valence-corrected chi connectivity index (χ3v) is 5.22. The number of carbonyl (C=O) groups excluding carboxylic acids is 1. The van der Waals surface area contributed by atoms with Crippen molar-refractivity contribution in [3.63, 3.8) is 0 Å². The molecule has 0 bridgehead atoms. The number of carbonyl (C=O) groups is 1. The highest BCUT2D eigenvalue weighted by molar-refractivity contribution is 5.93. The molecule has 0 saturated carbocycles. The number of urea groups is 1. The van der Waals surface area contributed by atoms with Gasteiger partial charge in [-0.15, -0.1) is 0 Å². The van der Waals surface area contributed by atoms with Crippen LogP contribution in [0.5, 0.6) is 0 Å². The second-order valence-corrected chi connectivity index (χ2v) is 7.06. The summed E-state index contributed by atoms with van der Waals surface area (Å²) in [7, 11) is 0. The molecule has 1 aliphatic heterocycles. The number of hydrogen-bond acceptors (Lipinski definition) is 2. The first-order chi connectivity index (χ1) is 13.3. The van der Waals surface area contributed by atoms with Crippen LogP contribution in [0.2, 0.25) is 0 Å². The summed E-state index contributed by atoms with van der Waals surface area (Å²) in [5.74, 6) is 0. The molecule has 1 fully saturated rings. The maximum atomic E-state index is 12.6. The van der Waals surface area contributed by atoms with Crippen LogP contribution in [0, 0.1) is 0 Å². The molecule has 1 heterocycles. The van der Waals surface area contributed by atoms with E-state index in [0.29, 0.717) is 0 Å². The standard InChI is InChI=1S/C23H25N3O/c27-23(24-22-11-10-20-8-4-5-9-21(20)18-22)26-16-14-25(15-17-26)13-12-19-6-2-1-3-7-19/h1-11,18H,12-17H2,(H,24,27). The zero-order valence-corrected chi connectivity index (χ0v) is 15.5. The Balaban J connectivity index is 1.27. The topological polar surface area (TPSA) is 35.6 Å². The van der Waals surface area contributed by atoms with Crippen LogP contribution in [-0.2, 0) is 6.42 Å². The normalized spacial score (nSPS) is 15.0. The molecule has 0 aromatic heterocycles. The van der Waals surface area contributed by atoms with Gasteiger partial charge < -0.3 is 10.2 Å². The van der Waals surface area contributed by atoms with Crippen LogP contribution in [0.3, 0.4) is 0 Å². The lowest BCUT2D eigenvalue weighted by Gasteiger charge is -2.34. The first-order valence-corrected chi connectivity index (χ1v) is 9.59. The predicted molar refractivity (Wildman–Crippen MR) is 111 cm³/mol. The van der Waals surface area contributed by atoms with Crippen molar-refractivity contribution < 1.29 is 4.79 Å².